The van der Waals surface area contributed by atoms with Gasteiger partial charge in [-0.1, -0.05) is 51.1 Å². The molecule has 16 heavy (non-hydrogen) atoms. The Morgan fingerprint density at radius 2 is 1.56 bits per heavy atom. The fourth-order valence-corrected chi connectivity index (χ4v) is 4.25. The Morgan fingerprint density at radius 1 is 1.00 bits per heavy atom. The molecule has 1 radical (unpaired) electrons. The van der Waals surface area contributed by atoms with Crippen molar-refractivity contribution in [1.29, 1.82) is 0 Å². The van der Waals surface area contributed by atoms with Crippen molar-refractivity contribution in [2.24, 2.45) is 0 Å². The fourth-order valence-electron chi connectivity index (χ4n) is 1.84. The van der Waals surface area contributed by atoms with Gasteiger partial charge in [0, 0.05) is 0 Å². The van der Waals surface area contributed by atoms with E-state index < -0.39 is 8.07 Å². The zero-order chi connectivity index (χ0) is 11.9. The molecule has 0 aliphatic heterocycles. The van der Waals surface area contributed by atoms with Gasteiger partial charge in [0.25, 0.3) is 0 Å². The van der Waals surface area contributed by atoms with Crippen molar-refractivity contribution in [2.75, 3.05) is 0 Å². The van der Waals surface area contributed by atoms with Gasteiger partial charge in [-0.05, 0) is 23.7 Å². The second kappa shape index (κ2) is 6.55. The summed E-state index contributed by atoms with van der Waals surface area (Å²) in [6, 6.07) is 14.2. The van der Waals surface area contributed by atoms with E-state index in [2.05, 4.69) is 56.5 Å². The van der Waals surface area contributed by atoms with Crippen molar-refractivity contribution >= 4 is 8.07 Å². The average Bonchev–Trinajstić information content (AvgIpc) is 2.37. The molecule has 0 amide bonds. The molecule has 1 rings (SSSR count). The second-order valence-corrected chi connectivity index (χ2v) is 9.10. The van der Waals surface area contributed by atoms with Crippen molar-refractivity contribution in [1.82, 2.24) is 0 Å². The standard InChI is InChI=1S/C15H21Si/c1-4-16(5-2,6-3)14-10-13-15-11-8-7-9-12-15/h7-9,11-13H,4-6H2,1-3H3. The Hall–Kier alpha value is -1.00. The Labute approximate surface area is 101 Å². The van der Waals surface area contributed by atoms with Crippen LogP contribution in [0, 0.1) is 17.9 Å². The average molecular weight is 229 g/mol. The van der Waals surface area contributed by atoms with Gasteiger partial charge in [-0.2, -0.15) is 0 Å². The zero-order valence-corrected chi connectivity index (χ0v) is 11.6. The summed E-state index contributed by atoms with van der Waals surface area (Å²) in [7, 11) is -1.26. The first-order valence-corrected chi connectivity index (χ1v) is 8.79. The Morgan fingerprint density at radius 3 is 2.06 bits per heavy atom. The molecule has 0 heterocycles. The normalized spacial score (nSPS) is 10.7. The molecule has 0 unspecified atom stereocenters. The lowest BCUT2D eigenvalue weighted by Crippen LogP contribution is -2.29. The first kappa shape index (κ1) is 13.1. The van der Waals surface area contributed by atoms with Crippen LogP contribution in [0.15, 0.2) is 30.3 Å². The van der Waals surface area contributed by atoms with Crippen molar-refractivity contribution < 1.29 is 0 Å². The molecule has 0 bridgehead atoms. The smallest absolute Gasteiger partial charge is 0.131 e. The van der Waals surface area contributed by atoms with Gasteiger partial charge < -0.3 is 0 Å². The minimum atomic E-state index is -1.26. The lowest BCUT2D eigenvalue weighted by molar-refractivity contribution is 1.20. The monoisotopic (exact) mass is 229 g/mol. The molecule has 0 N–H and O–H groups in total. The summed E-state index contributed by atoms with van der Waals surface area (Å²) in [5.74, 6) is 3.28. The first-order chi connectivity index (χ1) is 7.76. The molecule has 0 aliphatic carbocycles. The number of rotatable bonds is 4. The van der Waals surface area contributed by atoms with E-state index in [1.165, 1.54) is 23.7 Å². The quantitative estimate of drug-likeness (QED) is 0.534. The molecule has 0 fully saturated rings. The second-order valence-electron chi connectivity index (χ2n) is 4.17. The molecule has 0 atom stereocenters. The van der Waals surface area contributed by atoms with Crippen LogP contribution in [0.2, 0.25) is 18.1 Å². The first-order valence-electron chi connectivity index (χ1n) is 6.17. The van der Waals surface area contributed by atoms with Crippen LogP contribution in [0.1, 0.15) is 26.3 Å². The Bertz CT molecular complexity index is 344. The van der Waals surface area contributed by atoms with Crippen LogP contribution >= 0.6 is 0 Å². The lowest BCUT2D eigenvalue weighted by atomic mass is 10.2. The van der Waals surface area contributed by atoms with Gasteiger partial charge in [0.1, 0.15) is 8.07 Å². The molecule has 0 saturated carbocycles. The van der Waals surface area contributed by atoms with E-state index in [1.807, 2.05) is 12.5 Å². The molecule has 0 aliphatic rings. The van der Waals surface area contributed by atoms with Gasteiger partial charge in [-0.15, -0.1) is 11.5 Å². The van der Waals surface area contributed by atoms with Crippen LogP contribution in [-0.4, -0.2) is 8.07 Å². The van der Waals surface area contributed by atoms with Crippen LogP contribution in [0.4, 0.5) is 0 Å². The Balaban J connectivity index is 2.67. The third kappa shape index (κ3) is 3.54. The third-order valence-electron chi connectivity index (χ3n) is 3.41. The van der Waals surface area contributed by atoms with Crippen molar-refractivity contribution in [3.05, 3.63) is 42.3 Å². The van der Waals surface area contributed by atoms with E-state index >= 15 is 0 Å². The van der Waals surface area contributed by atoms with E-state index in [4.69, 9.17) is 0 Å². The van der Waals surface area contributed by atoms with Crippen LogP contribution in [-0.2, 0) is 0 Å². The maximum Gasteiger partial charge on any atom is 0.137 e. The van der Waals surface area contributed by atoms with Gasteiger partial charge in [-0.3, -0.25) is 0 Å². The molecule has 85 valence electrons. The van der Waals surface area contributed by atoms with E-state index in [-0.39, 0.29) is 0 Å². The predicted molar refractivity (Wildman–Crippen MR) is 74.8 cm³/mol. The van der Waals surface area contributed by atoms with E-state index in [9.17, 15) is 0 Å². The maximum atomic E-state index is 3.56. The molecular formula is C15H21Si. The minimum Gasteiger partial charge on any atom is -0.131 e. The number of hydrogen-bond donors (Lipinski definition) is 0. The topological polar surface area (TPSA) is 0 Å². The SMILES string of the molecule is CC[Si](C#C[CH]c1ccccc1)(CC)CC. The van der Waals surface area contributed by atoms with Gasteiger partial charge >= 0.3 is 0 Å². The van der Waals surface area contributed by atoms with Crippen LogP contribution in [0.5, 0.6) is 0 Å². The highest BCUT2D eigenvalue weighted by molar-refractivity contribution is 6.87. The number of benzene rings is 1. The third-order valence-corrected chi connectivity index (χ3v) is 8.14. The summed E-state index contributed by atoms with van der Waals surface area (Å²) in [6.45, 7) is 6.86. The molecular weight excluding hydrogens is 208 g/mol. The lowest BCUT2D eigenvalue weighted by Gasteiger charge is -2.19. The molecule has 1 aromatic carbocycles. The van der Waals surface area contributed by atoms with Crippen molar-refractivity contribution in [3.63, 3.8) is 0 Å². The zero-order valence-electron chi connectivity index (χ0n) is 10.6. The number of hydrogen-bond acceptors (Lipinski definition) is 0. The summed E-state index contributed by atoms with van der Waals surface area (Å²) < 4.78 is 0. The van der Waals surface area contributed by atoms with Crippen LogP contribution in [0.25, 0.3) is 0 Å². The predicted octanol–water partition coefficient (Wildman–Crippen LogP) is 4.29. The largest absolute Gasteiger partial charge is 0.137 e. The summed E-state index contributed by atoms with van der Waals surface area (Å²) in [5.41, 5.74) is 4.77. The van der Waals surface area contributed by atoms with E-state index in [0.29, 0.717) is 0 Å². The molecule has 1 aromatic rings. The molecule has 0 spiro atoms. The summed E-state index contributed by atoms with van der Waals surface area (Å²) in [6.07, 6.45) is 2.04. The maximum absolute atomic E-state index is 3.56. The summed E-state index contributed by atoms with van der Waals surface area (Å²) in [5, 5.41) is 0. The van der Waals surface area contributed by atoms with Gasteiger partial charge in [0.2, 0.25) is 0 Å². The van der Waals surface area contributed by atoms with Crippen LogP contribution in [0.3, 0.4) is 0 Å². The summed E-state index contributed by atoms with van der Waals surface area (Å²) >= 11 is 0. The molecule has 0 nitrogen and oxygen atoms in total. The summed E-state index contributed by atoms with van der Waals surface area (Å²) in [4.78, 5) is 0. The van der Waals surface area contributed by atoms with Gasteiger partial charge in [-0.25, -0.2) is 0 Å². The van der Waals surface area contributed by atoms with E-state index in [0.717, 1.165) is 0 Å². The minimum absolute atomic E-state index is 1.21. The molecule has 1 heteroatoms. The molecule has 0 aromatic heterocycles. The fraction of sp³-hybridized carbons (Fsp3) is 0.400. The highest BCUT2D eigenvalue weighted by atomic mass is 28.3. The van der Waals surface area contributed by atoms with Gasteiger partial charge in [0.15, 0.2) is 0 Å². The Kier molecular flexibility index (Phi) is 5.35. The van der Waals surface area contributed by atoms with E-state index in [1.54, 1.807) is 0 Å². The van der Waals surface area contributed by atoms with Crippen molar-refractivity contribution in [3.8, 4) is 11.5 Å². The highest BCUT2D eigenvalue weighted by Gasteiger charge is 2.23. The van der Waals surface area contributed by atoms with Crippen LogP contribution < -0.4 is 0 Å². The molecule has 0 saturated heterocycles. The van der Waals surface area contributed by atoms with Gasteiger partial charge in [0.05, 0.1) is 6.42 Å². The highest BCUT2D eigenvalue weighted by Crippen LogP contribution is 2.18. The van der Waals surface area contributed by atoms with Crippen molar-refractivity contribution in [2.45, 2.75) is 38.9 Å².